The van der Waals surface area contributed by atoms with Crippen LogP contribution < -0.4 is 9.47 Å². The molecule has 3 rings (SSSR count). The Morgan fingerprint density at radius 2 is 1.69 bits per heavy atom. The summed E-state index contributed by atoms with van der Waals surface area (Å²) in [6, 6.07) is 11.1. The van der Waals surface area contributed by atoms with Crippen LogP contribution in [0.1, 0.15) is 30.0 Å². The van der Waals surface area contributed by atoms with Crippen molar-refractivity contribution in [2.75, 3.05) is 20.8 Å². The molecule has 0 aliphatic carbocycles. The average Bonchev–Trinajstić information content (AvgIpc) is 3.12. The minimum absolute atomic E-state index is 0.152. The number of rotatable bonds is 5. The molecule has 1 aliphatic rings. The molecular weight excluding hydrogens is 418 g/mol. The highest BCUT2D eigenvalue weighted by Crippen LogP contribution is 2.41. The van der Waals surface area contributed by atoms with Gasteiger partial charge in [0.2, 0.25) is 10.0 Å². The highest BCUT2D eigenvalue weighted by Gasteiger charge is 2.37. The molecule has 0 amide bonds. The number of aryl methyl sites for hydroxylation is 1. The summed E-state index contributed by atoms with van der Waals surface area (Å²) >= 11 is 3.38. The van der Waals surface area contributed by atoms with Gasteiger partial charge in [0.1, 0.15) is 4.90 Å². The molecular formula is C19H22BrNO4S. The van der Waals surface area contributed by atoms with E-state index in [-0.39, 0.29) is 10.9 Å². The Balaban J connectivity index is 2.03. The Kier molecular flexibility index (Phi) is 5.60. The summed E-state index contributed by atoms with van der Waals surface area (Å²) in [5, 5.41) is 0. The van der Waals surface area contributed by atoms with E-state index >= 15 is 0 Å². The second-order valence-corrected chi connectivity index (χ2v) is 9.04. The minimum atomic E-state index is -3.68. The number of nitrogens with zero attached hydrogens (tertiary/aromatic N) is 1. The zero-order valence-electron chi connectivity index (χ0n) is 15.0. The van der Waals surface area contributed by atoms with E-state index in [9.17, 15) is 8.42 Å². The van der Waals surface area contributed by atoms with Gasteiger partial charge in [-0.3, -0.25) is 0 Å². The largest absolute Gasteiger partial charge is 0.493 e. The van der Waals surface area contributed by atoms with E-state index in [1.165, 1.54) is 20.3 Å². The molecule has 7 heteroatoms. The first-order valence-corrected chi connectivity index (χ1v) is 10.6. The number of benzene rings is 2. The Morgan fingerprint density at radius 1 is 1.08 bits per heavy atom. The predicted molar refractivity (Wildman–Crippen MR) is 104 cm³/mol. The van der Waals surface area contributed by atoms with Crippen LogP contribution in [0.3, 0.4) is 0 Å². The molecule has 0 aromatic heterocycles. The molecule has 0 bridgehead atoms. The van der Waals surface area contributed by atoms with Gasteiger partial charge in [-0.1, -0.05) is 29.8 Å². The van der Waals surface area contributed by atoms with Crippen molar-refractivity contribution in [2.24, 2.45) is 0 Å². The van der Waals surface area contributed by atoms with Crippen molar-refractivity contribution in [1.29, 1.82) is 0 Å². The lowest BCUT2D eigenvalue weighted by Crippen LogP contribution is -2.31. The van der Waals surface area contributed by atoms with E-state index < -0.39 is 10.0 Å². The monoisotopic (exact) mass is 439 g/mol. The molecule has 26 heavy (non-hydrogen) atoms. The van der Waals surface area contributed by atoms with E-state index in [2.05, 4.69) is 15.9 Å². The van der Waals surface area contributed by atoms with Gasteiger partial charge in [-0.05, 0) is 47.3 Å². The summed E-state index contributed by atoms with van der Waals surface area (Å²) < 4.78 is 39.3. The highest BCUT2D eigenvalue weighted by atomic mass is 79.9. The molecule has 1 saturated heterocycles. The van der Waals surface area contributed by atoms with E-state index in [0.29, 0.717) is 22.5 Å². The standard InChI is InChI=1S/C19H22BrNO4S/c1-13-6-8-14(9-7-13)16-5-4-10-21(16)26(22,23)19-12-18(25-3)17(24-2)11-15(19)20/h6-9,11-12,16H,4-5,10H2,1-3H3. The predicted octanol–water partition coefficient (Wildman–Crippen LogP) is 4.30. The average molecular weight is 440 g/mol. The van der Waals surface area contributed by atoms with Crippen LogP contribution in [0.15, 0.2) is 45.8 Å². The minimum Gasteiger partial charge on any atom is -0.493 e. The number of hydrogen-bond acceptors (Lipinski definition) is 4. The van der Waals surface area contributed by atoms with Crippen LogP contribution in [-0.2, 0) is 10.0 Å². The third-order valence-electron chi connectivity index (χ3n) is 4.69. The van der Waals surface area contributed by atoms with Gasteiger partial charge in [-0.25, -0.2) is 8.42 Å². The van der Waals surface area contributed by atoms with E-state index in [1.807, 2.05) is 31.2 Å². The topological polar surface area (TPSA) is 55.8 Å². The van der Waals surface area contributed by atoms with Gasteiger partial charge < -0.3 is 9.47 Å². The van der Waals surface area contributed by atoms with E-state index in [4.69, 9.17) is 9.47 Å². The molecule has 5 nitrogen and oxygen atoms in total. The number of sulfonamides is 1. The summed E-state index contributed by atoms with van der Waals surface area (Å²) in [6.07, 6.45) is 1.65. The Morgan fingerprint density at radius 3 is 2.31 bits per heavy atom. The lowest BCUT2D eigenvalue weighted by Gasteiger charge is -2.25. The molecule has 1 aliphatic heterocycles. The SMILES string of the molecule is COc1cc(Br)c(S(=O)(=O)N2CCCC2c2ccc(C)cc2)cc1OC. The molecule has 140 valence electrons. The summed E-state index contributed by atoms with van der Waals surface area (Å²) in [4.78, 5) is 0.189. The molecule has 1 heterocycles. The molecule has 1 fully saturated rings. The fraction of sp³-hybridized carbons (Fsp3) is 0.368. The van der Waals surface area contributed by atoms with Gasteiger partial charge in [0.15, 0.2) is 11.5 Å². The van der Waals surface area contributed by atoms with Crippen LogP contribution in [0.25, 0.3) is 0 Å². The lowest BCUT2D eigenvalue weighted by molar-refractivity contribution is 0.352. The van der Waals surface area contributed by atoms with Crippen molar-refractivity contribution >= 4 is 26.0 Å². The van der Waals surface area contributed by atoms with Crippen LogP contribution >= 0.6 is 15.9 Å². The first kappa shape index (κ1) is 19.2. The molecule has 2 aromatic carbocycles. The van der Waals surface area contributed by atoms with Crippen molar-refractivity contribution in [2.45, 2.75) is 30.7 Å². The first-order chi connectivity index (χ1) is 12.4. The van der Waals surface area contributed by atoms with Gasteiger partial charge in [0.05, 0.1) is 20.3 Å². The van der Waals surface area contributed by atoms with Gasteiger partial charge in [0.25, 0.3) is 0 Å². The van der Waals surface area contributed by atoms with E-state index in [0.717, 1.165) is 24.0 Å². The van der Waals surface area contributed by atoms with Crippen LogP contribution in [0, 0.1) is 6.92 Å². The third kappa shape index (κ3) is 3.48. The van der Waals surface area contributed by atoms with Crippen LogP contribution in [-0.4, -0.2) is 33.5 Å². The first-order valence-electron chi connectivity index (χ1n) is 8.38. The summed E-state index contributed by atoms with van der Waals surface area (Å²) in [7, 11) is -0.670. The van der Waals surface area contributed by atoms with Gasteiger partial charge in [0, 0.05) is 17.1 Å². The molecule has 1 atom stereocenters. The van der Waals surface area contributed by atoms with E-state index in [1.54, 1.807) is 10.4 Å². The second kappa shape index (κ2) is 7.58. The maximum Gasteiger partial charge on any atom is 0.244 e. The molecule has 2 aromatic rings. The summed E-state index contributed by atoms with van der Waals surface area (Å²) in [6.45, 7) is 2.52. The van der Waals surface area contributed by atoms with Crippen LogP contribution in [0.4, 0.5) is 0 Å². The number of ether oxygens (including phenoxy) is 2. The number of hydrogen-bond donors (Lipinski definition) is 0. The zero-order valence-corrected chi connectivity index (χ0v) is 17.4. The maximum atomic E-state index is 13.4. The quantitative estimate of drug-likeness (QED) is 0.696. The molecule has 0 spiro atoms. The summed E-state index contributed by atoms with van der Waals surface area (Å²) in [5.41, 5.74) is 2.18. The van der Waals surface area contributed by atoms with Crippen LogP contribution in [0.2, 0.25) is 0 Å². The Bertz CT molecular complexity index is 897. The fourth-order valence-corrected chi connectivity index (χ4v) is 5.99. The van der Waals surface area contributed by atoms with Crippen molar-refractivity contribution in [1.82, 2.24) is 4.31 Å². The maximum absolute atomic E-state index is 13.4. The smallest absolute Gasteiger partial charge is 0.244 e. The number of methoxy groups -OCH3 is 2. The van der Waals surface area contributed by atoms with Crippen molar-refractivity contribution in [3.05, 3.63) is 52.0 Å². The van der Waals surface area contributed by atoms with Crippen molar-refractivity contribution < 1.29 is 17.9 Å². The molecule has 1 unspecified atom stereocenters. The van der Waals surface area contributed by atoms with Crippen molar-refractivity contribution in [3.8, 4) is 11.5 Å². The molecule has 0 saturated carbocycles. The Hall–Kier alpha value is -1.57. The highest BCUT2D eigenvalue weighted by molar-refractivity contribution is 9.10. The normalized spacial score (nSPS) is 18.1. The Labute approximate surface area is 163 Å². The fourth-order valence-electron chi connectivity index (χ4n) is 3.31. The van der Waals surface area contributed by atoms with Gasteiger partial charge in [-0.2, -0.15) is 4.31 Å². The van der Waals surface area contributed by atoms with Crippen molar-refractivity contribution in [3.63, 3.8) is 0 Å². The number of halogens is 1. The summed E-state index contributed by atoms with van der Waals surface area (Å²) in [5.74, 6) is 0.871. The molecule has 0 radical (unpaired) electrons. The van der Waals surface area contributed by atoms with Gasteiger partial charge >= 0.3 is 0 Å². The van der Waals surface area contributed by atoms with Crippen LogP contribution in [0.5, 0.6) is 11.5 Å². The molecule has 0 N–H and O–H groups in total. The lowest BCUT2D eigenvalue weighted by atomic mass is 10.0. The van der Waals surface area contributed by atoms with Gasteiger partial charge in [-0.15, -0.1) is 0 Å². The second-order valence-electron chi connectivity index (χ2n) is 6.32. The third-order valence-corrected chi connectivity index (χ3v) is 7.56. The zero-order chi connectivity index (χ0) is 18.9.